The molecule has 0 bridgehead atoms. The van der Waals surface area contributed by atoms with E-state index in [9.17, 15) is 0 Å². The van der Waals surface area contributed by atoms with Gasteiger partial charge in [-0.1, -0.05) is 0 Å². The molecule has 0 amide bonds. The van der Waals surface area contributed by atoms with Gasteiger partial charge in [0, 0.05) is 6.20 Å². The SMILES string of the molecule is N=C1COc2cnccc2N1. The lowest BCUT2D eigenvalue weighted by molar-refractivity contribution is 0.370. The maximum atomic E-state index is 7.26. The Hall–Kier alpha value is -1.58. The smallest absolute Gasteiger partial charge is 0.161 e. The van der Waals surface area contributed by atoms with Gasteiger partial charge in [-0.15, -0.1) is 0 Å². The average Bonchev–Trinajstić information content (AvgIpc) is 2.04. The summed E-state index contributed by atoms with van der Waals surface area (Å²) in [6, 6.07) is 1.78. The Labute approximate surface area is 63.7 Å². The molecule has 2 N–H and O–H groups in total. The van der Waals surface area contributed by atoms with Crippen molar-refractivity contribution in [3.8, 4) is 5.75 Å². The molecule has 56 valence electrons. The van der Waals surface area contributed by atoms with Crippen molar-refractivity contribution in [2.45, 2.75) is 0 Å². The molecule has 1 aromatic heterocycles. The van der Waals surface area contributed by atoms with E-state index in [1.807, 2.05) is 0 Å². The van der Waals surface area contributed by atoms with Crippen LogP contribution in [-0.2, 0) is 0 Å². The van der Waals surface area contributed by atoms with Crippen LogP contribution in [0.2, 0.25) is 0 Å². The zero-order chi connectivity index (χ0) is 7.68. The molecule has 2 heterocycles. The van der Waals surface area contributed by atoms with Gasteiger partial charge in [0.25, 0.3) is 0 Å². The number of nitrogens with zero attached hydrogens (tertiary/aromatic N) is 1. The van der Waals surface area contributed by atoms with Gasteiger partial charge in [0.15, 0.2) is 5.75 Å². The fourth-order valence-corrected chi connectivity index (χ4v) is 0.947. The zero-order valence-electron chi connectivity index (χ0n) is 5.79. The van der Waals surface area contributed by atoms with E-state index in [2.05, 4.69) is 10.3 Å². The van der Waals surface area contributed by atoms with E-state index < -0.39 is 0 Å². The maximum absolute atomic E-state index is 7.26. The van der Waals surface area contributed by atoms with E-state index >= 15 is 0 Å². The molecule has 4 heteroatoms. The number of pyridine rings is 1. The molecule has 0 unspecified atom stereocenters. The van der Waals surface area contributed by atoms with Crippen molar-refractivity contribution < 1.29 is 4.74 Å². The number of amidine groups is 1. The van der Waals surface area contributed by atoms with Crippen LogP contribution < -0.4 is 10.1 Å². The Morgan fingerprint density at radius 1 is 1.64 bits per heavy atom. The van der Waals surface area contributed by atoms with E-state index in [1.165, 1.54) is 0 Å². The molecule has 0 aliphatic carbocycles. The normalized spacial score (nSPS) is 14.7. The van der Waals surface area contributed by atoms with Crippen LogP contribution in [-0.4, -0.2) is 17.4 Å². The molecule has 0 saturated heterocycles. The fraction of sp³-hybridized carbons (Fsp3) is 0.143. The summed E-state index contributed by atoms with van der Waals surface area (Å²) < 4.78 is 5.19. The lowest BCUT2D eigenvalue weighted by atomic mass is 10.3. The molecular weight excluding hydrogens is 142 g/mol. The van der Waals surface area contributed by atoms with Gasteiger partial charge >= 0.3 is 0 Å². The molecule has 0 aromatic carbocycles. The first kappa shape index (κ1) is 6.15. The second kappa shape index (κ2) is 2.23. The van der Waals surface area contributed by atoms with Crippen molar-refractivity contribution >= 4 is 11.5 Å². The van der Waals surface area contributed by atoms with Crippen LogP contribution >= 0.6 is 0 Å². The number of aromatic nitrogens is 1. The maximum Gasteiger partial charge on any atom is 0.161 e. The highest BCUT2D eigenvalue weighted by Gasteiger charge is 2.11. The first-order chi connectivity index (χ1) is 5.36. The molecule has 1 aromatic rings. The Morgan fingerprint density at radius 3 is 3.45 bits per heavy atom. The third-order valence-corrected chi connectivity index (χ3v) is 1.44. The van der Waals surface area contributed by atoms with Gasteiger partial charge in [-0.25, -0.2) is 0 Å². The highest BCUT2D eigenvalue weighted by Crippen LogP contribution is 2.24. The van der Waals surface area contributed by atoms with Crippen molar-refractivity contribution in [2.24, 2.45) is 0 Å². The summed E-state index contributed by atoms with van der Waals surface area (Å²) in [5.41, 5.74) is 0.816. The minimum atomic E-state index is 0.304. The molecule has 4 nitrogen and oxygen atoms in total. The Bertz CT molecular complexity index is 297. The van der Waals surface area contributed by atoms with E-state index in [1.54, 1.807) is 18.5 Å². The number of ether oxygens (including phenoxy) is 1. The Balaban J connectivity index is 2.41. The van der Waals surface area contributed by atoms with Gasteiger partial charge in [-0.3, -0.25) is 10.4 Å². The first-order valence-corrected chi connectivity index (χ1v) is 3.27. The summed E-state index contributed by atoms with van der Waals surface area (Å²) in [6.45, 7) is 0.304. The molecule has 2 rings (SSSR count). The van der Waals surface area contributed by atoms with Crippen LogP contribution in [0.25, 0.3) is 0 Å². The number of rotatable bonds is 0. The van der Waals surface area contributed by atoms with Crippen LogP contribution in [0, 0.1) is 5.41 Å². The first-order valence-electron chi connectivity index (χ1n) is 3.27. The summed E-state index contributed by atoms with van der Waals surface area (Å²) in [4.78, 5) is 3.89. The number of anilines is 1. The third kappa shape index (κ3) is 1.02. The molecule has 1 aliphatic heterocycles. The number of hydrogen-bond acceptors (Lipinski definition) is 3. The molecule has 0 saturated carbocycles. The monoisotopic (exact) mass is 149 g/mol. The summed E-state index contributed by atoms with van der Waals surface area (Å²) in [6.07, 6.45) is 3.29. The lowest BCUT2D eigenvalue weighted by Crippen LogP contribution is -2.24. The summed E-state index contributed by atoms with van der Waals surface area (Å²) in [5.74, 6) is 1.09. The summed E-state index contributed by atoms with van der Waals surface area (Å²) >= 11 is 0. The average molecular weight is 149 g/mol. The van der Waals surface area contributed by atoms with Crippen LogP contribution in [0.15, 0.2) is 18.5 Å². The van der Waals surface area contributed by atoms with E-state index in [0.29, 0.717) is 18.2 Å². The predicted octanol–water partition coefficient (Wildman–Crippen LogP) is 0.863. The van der Waals surface area contributed by atoms with Crippen molar-refractivity contribution in [1.82, 2.24) is 4.98 Å². The van der Waals surface area contributed by atoms with Gasteiger partial charge < -0.3 is 10.1 Å². The highest BCUT2D eigenvalue weighted by atomic mass is 16.5. The molecular formula is C7H7N3O. The number of hydrogen-bond donors (Lipinski definition) is 2. The minimum absolute atomic E-state index is 0.304. The van der Waals surface area contributed by atoms with Gasteiger partial charge in [0.1, 0.15) is 12.4 Å². The van der Waals surface area contributed by atoms with Crippen LogP contribution in [0.3, 0.4) is 0 Å². The van der Waals surface area contributed by atoms with Crippen LogP contribution in [0.4, 0.5) is 5.69 Å². The molecule has 0 spiro atoms. The van der Waals surface area contributed by atoms with Crippen LogP contribution in [0.5, 0.6) is 5.75 Å². The van der Waals surface area contributed by atoms with E-state index in [0.717, 1.165) is 5.69 Å². The third-order valence-electron chi connectivity index (χ3n) is 1.44. The second-order valence-corrected chi connectivity index (χ2v) is 2.26. The zero-order valence-corrected chi connectivity index (χ0v) is 5.79. The van der Waals surface area contributed by atoms with Crippen molar-refractivity contribution in [1.29, 1.82) is 5.41 Å². The molecule has 0 fully saturated rings. The lowest BCUT2D eigenvalue weighted by Gasteiger charge is -2.18. The number of nitrogens with one attached hydrogen (secondary N) is 2. The van der Waals surface area contributed by atoms with Crippen molar-refractivity contribution in [3.63, 3.8) is 0 Å². The van der Waals surface area contributed by atoms with Gasteiger partial charge in [0.05, 0.1) is 11.9 Å². The highest BCUT2D eigenvalue weighted by molar-refractivity contribution is 5.97. The van der Waals surface area contributed by atoms with Gasteiger partial charge in [-0.05, 0) is 6.07 Å². The molecule has 0 radical (unpaired) electrons. The molecule has 1 aliphatic rings. The minimum Gasteiger partial charge on any atom is -0.482 e. The van der Waals surface area contributed by atoms with E-state index in [-0.39, 0.29) is 0 Å². The Morgan fingerprint density at radius 2 is 2.55 bits per heavy atom. The molecule has 11 heavy (non-hydrogen) atoms. The van der Waals surface area contributed by atoms with Crippen LogP contribution in [0.1, 0.15) is 0 Å². The standard InChI is InChI=1S/C7H7N3O/c8-7-4-11-6-3-9-2-1-5(6)10-7/h1-3H,4H2,(H2,8,10). The fourth-order valence-electron chi connectivity index (χ4n) is 0.947. The largest absolute Gasteiger partial charge is 0.482 e. The Kier molecular flexibility index (Phi) is 1.25. The van der Waals surface area contributed by atoms with Crippen molar-refractivity contribution in [3.05, 3.63) is 18.5 Å². The van der Waals surface area contributed by atoms with Gasteiger partial charge in [0.2, 0.25) is 0 Å². The van der Waals surface area contributed by atoms with E-state index in [4.69, 9.17) is 10.1 Å². The molecule has 0 atom stereocenters. The summed E-state index contributed by atoms with van der Waals surface area (Å²) in [7, 11) is 0. The topological polar surface area (TPSA) is 58.0 Å². The number of fused-ring (bicyclic) bond motifs is 1. The predicted molar refractivity (Wildman–Crippen MR) is 41.1 cm³/mol. The second-order valence-electron chi connectivity index (χ2n) is 2.26. The quantitative estimate of drug-likeness (QED) is 0.575. The van der Waals surface area contributed by atoms with Gasteiger partial charge in [-0.2, -0.15) is 0 Å². The summed E-state index contributed by atoms with van der Waals surface area (Å²) in [5, 5.41) is 10.1. The van der Waals surface area contributed by atoms with Crippen molar-refractivity contribution in [2.75, 3.05) is 11.9 Å².